The second-order valence-electron chi connectivity index (χ2n) is 4.70. The maximum Gasteiger partial charge on any atom is 0.254 e. The number of aryl methyl sites for hydroxylation is 1. The monoisotopic (exact) mass is 221 g/mol. The molecule has 0 heterocycles. The SMILES string of the molecule is Cc1ccc(C(=O)N(C)C(C)(C)CO)cc1. The summed E-state index contributed by atoms with van der Waals surface area (Å²) in [7, 11) is 1.71. The molecule has 0 aliphatic heterocycles. The molecule has 0 spiro atoms. The van der Waals surface area contributed by atoms with Gasteiger partial charge in [0.2, 0.25) is 0 Å². The zero-order valence-electron chi connectivity index (χ0n) is 10.3. The number of amides is 1. The Morgan fingerprint density at radius 1 is 1.31 bits per heavy atom. The van der Waals surface area contributed by atoms with Gasteiger partial charge in [0.15, 0.2) is 0 Å². The van der Waals surface area contributed by atoms with E-state index in [0.717, 1.165) is 5.56 Å². The smallest absolute Gasteiger partial charge is 0.254 e. The van der Waals surface area contributed by atoms with Crippen molar-refractivity contribution in [3.63, 3.8) is 0 Å². The highest BCUT2D eigenvalue weighted by Gasteiger charge is 2.27. The largest absolute Gasteiger partial charge is 0.394 e. The molecule has 0 fully saturated rings. The van der Waals surface area contributed by atoms with Crippen molar-refractivity contribution in [3.8, 4) is 0 Å². The fourth-order valence-corrected chi connectivity index (χ4v) is 1.27. The van der Waals surface area contributed by atoms with Gasteiger partial charge in [-0.1, -0.05) is 17.7 Å². The van der Waals surface area contributed by atoms with Crippen LogP contribution < -0.4 is 0 Å². The van der Waals surface area contributed by atoms with Crippen LogP contribution in [0.3, 0.4) is 0 Å². The number of hydrogen-bond acceptors (Lipinski definition) is 2. The van der Waals surface area contributed by atoms with Gasteiger partial charge in [-0.25, -0.2) is 0 Å². The van der Waals surface area contributed by atoms with E-state index < -0.39 is 5.54 Å². The van der Waals surface area contributed by atoms with E-state index in [0.29, 0.717) is 5.56 Å². The highest BCUT2D eigenvalue weighted by atomic mass is 16.3. The Morgan fingerprint density at radius 3 is 2.25 bits per heavy atom. The van der Waals surface area contributed by atoms with Crippen LogP contribution in [-0.2, 0) is 0 Å². The number of carbonyl (C=O) groups excluding carboxylic acids is 1. The van der Waals surface area contributed by atoms with Gasteiger partial charge in [-0.2, -0.15) is 0 Å². The van der Waals surface area contributed by atoms with Crippen LogP contribution in [0.4, 0.5) is 0 Å². The van der Waals surface area contributed by atoms with Gasteiger partial charge in [0.25, 0.3) is 5.91 Å². The van der Waals surface area contributed by atoms with Gasteiger partial charge in [0, 0.05) is 12.6 Å². The van der Waals surface area contributed by atoms with Gasteiger partial charge in [-0.05, 0) is 32.9 Å². The van der Waals surface area contributed by atoms with E-state index in [1.807, 2.05) is 45.0 Å². The van der Waals surface area contributed by atoms with Crippen molar-refractivity contribution >= 4 is 5.91 Å². The van der Waals surface area contributed by atoms with Crippen molar-refractivity contribution in [1.82, 2.24) is 4.90 Å². The summed E-state index contributed by atoms with van der Waals surface area (Å²) in [4.78, 5) is 13.6. The summed E-state index contributed by atoms with van der Waals surface area (Å²) in [5.74, 6) is -0.0703. The summed E-state index contributed by atoms with van der Waals surface area (Å²) < 4.78 is 0. The third kappa shape index (κ3) is 2.61. The number of likely N-dealkylation sites (N-methyl/N-ethyl adjacent to an activating group) is 1. The van der Waals surface area contributed by atoms with Gasteiger partial charge >= 0.3 is 0 Å². The predicted octanol–water partition coefficient (Wildman–Crippen LogP) is 1.84. The first-order valence-electron chi connectivity index (χ1n) is 5.34. The van der Waals surface area contributed by atoms with Crippen LogP contribution in [-0.4, -0.2) is 35.1 Å². The first-order chi connectivity index (χ1) is 7.38. The van der Waals surface area contributed by atoms with Crippen LogP contribution in [0.1, 0.15) is 29.8 Å². The van der Waals surface area contributed by atoms with Crippen molar-refractivity contribution in [2.75, 3.05) is 13.7 Å². The third-order valence-electron chi connectivity index (χ3n) is 2.90. The van der Waals surface area contributed by atoms with Gasteiger partial charge < -0.3 is 10.0 Å². The fourth-order valence-electron chi connectivity index (χ4n) is 1.27. The minimum atomic E-state index is -0.540. The lowest BCUT2D eigenvalue weighted by atomic mass is 10.0. The molecule has 1 amide bonds. The molecule has 0 bridgehead atoms. The number of carbonyl (C=O) groups is 1. The second-order valence-corrected chi connectivity index (χ2v) is 4.70. The summed E-state index contributed by atoms with van der Waals surface area (Å²) in [6, 6.07) is 7.43. The average Bonchev–Trinajstić information content (AvgIpc) is 2.28. The van der Waals surface area contributed by atoms with Crippen molar-refractivity contribution in [2.45, 2.75) is 26.3 Å². The van der Waals surface area contributed by atoms with Crippen molar-refractivity contribution in [2.24, 2.45) is 0 Å². The lowest BCUT2D eigenvalue weighted by Crippen LogP contribution is -2.47. The molecule has 0 atom stereocenters. The molecule has 0 radical (unpaired) electrons. The third-order valence-corrected chi connectivity index (χ3v) is 2.90. The van der Waals surface area contributed by atoms with E-state index in [-0.39, 0.29) is 12.5 Å². The van der Waals surface area contributed by atoms with Gasteiger partial charge in [0.05, 0.1) is 12.1 Å². The van der Waals surface area contributed by atoms with E-state index in [2.05, 4.69) is 0 Å². The molecule has 0 saturated carbocycles. The van der Waals surface area contributed by atoms with Crippen LogP contribution in [0.5, 0.6) is 0 Å². The summed E-state index contributed by atoms with van der Waals surface area (Å²) in [5, 5.41) is 9.21. The molecule has 1 rings (SSSR count). The highest BCUT2D eigenvalue weighted by Crippen LogP contribution is 2.15. The number of aliphatic hydroxyl groups is 1. The van der Waals surface area contributed by atoms with Crippen LogP contribution in [0, 0.1) is 6.92 Å². The summed E-state index contributed by atoms with van der Waals surface area (Å²) >= 11 is 0. The van der Waals surface area contributed by atoms with E-state index in [4.69, 9.17) is 0 Å². The first-order valence-corrected chi connectivity index (χ1v) is 5.34. The molecule has 0 aliphatic carbocycles. The molecular weight excluding hydrogens is 202 g/mol. The van der Waals surface area contributed by atoms with E-state index in [1.165, 1.54) is 0 Å². The standard InChI is InChI=1S/C13H19NO2/c1-10-5-7-11(8-6-10)12(16)14(4)13(2,3)9-15/h5-8,15H,9H2,1-4H3. The molecule has 1 aromatic carbocycles. The maximum absolute atomic E-state index is 12.1. The molecule has 1 N–H and O–H groups in total. The highest BCUT2D eigenvalue weighted by molar-refractivity contribution is 5.94. The molecule has 0 aromatic heterocycles. The molecular formula is C13H19NO2. The Kier molecular flexibility index (Phi) is 3.70. The molecule has 16 heavy (non-hydrogen) atoms. The number of aliphatic hydroxyl groups excluding tert-OH is 1. The Labute approximate surface area is 96.7 Å². The number of rotatable bonds is 3. The van der Waals surface area contributed by atoms with Crippen molar-refractivity contribution in [3.05, 3.63) is 35.4 Å². The summed E-state index contributed by atoms with van der Waals surface area (Å²) in [6.07, 6.45) is 0. The molecule has 1 aromatic rings. The van der Waals surface area contributed by atoms with Gasteiger partial charge in [-0.3, -0.25) is 4.79 Å². The molecule has 3 nitrogen and oxygen atoms in total. The van der Waals surface area contributed by atoms with Crippen LogP contribution in [0.2, 0.25) is 0 Å². The Balaban J connectivity index is 2.90. The van der Waals surface area contributed by atoms with Crippen LogP contribution >= 0.6 is 0 Å². The molecule has 0 aliphatic rings. The summed E-state index contributed by atoms with van der Waals surface area (Å²) in [6.45, 7) is 5.59. The van der Waals surface area contributed by atoms with Crippen molar-refractivity contribution in [1.29, 1.82) is 0 Å². The average molecular weight is 221 g/mol. The topological polar surface area (TPSA) is 40.5 Å². The molecule has 3 heteroatoms. The first kappa shape index (κ1) is 12.7. The van der Waals surface area contributed by atoms with Crippen LogP contribution in [0.25, 0.3) is 0 Å². The quantitative estimate of drug-likeness (QED) is 0.846. The summed E-state index contributed by atoms with van der Waals surface area (Å²) in [5.41, 5.74) is 1.23. The zero-order chi connectivity index (χ0) is 12.3. The lowest BCUT2D eigenvalue weighted by molar-refractivity contribution is 0.0473. The maximum atomic E-state index is 12.1. The van der Waals surface area contributed by atoms with E-state index in [9.17, 15) is 9.90 Å². The second kappa shape index (κ2) is 4.66. The minimum absolute atomic E-state index is 0.0545. The fraction of sp³-hybridized carbons (Fsp3) is 0.462. The lowest BCUT2D eigenvalue weighted by Gasteiger charge is -2.34. The van der Waals surface area contributed by atoms with Crippen LogP contribution in [0.15, 0.2) is 24.3 Å². The zero-order valence-corrected chi connectivity index (χ0v) is 10.3. The predicted molar refractivity (Wildman–Crippen MR) is 64.4 cm³/mol. The number of nitrogens with zero attached hydrogens (tertiary/aromatic N) is 1. The Bertz CT molecular complexity index is 368. The number of hydrogen-bond donors (Lipinski definition) is 1. The number of benzene rings is 1. The van der Waals surface area contributed by atoms with Crippen molar-refractivity contribution < 1.29 is 9.90 Å². The minimum Gasteiger partial charge on any atom is -0.394 e. The molecule has 88 valence electrons. The molecule has 0 saturated heterocycles. The van der Waals surface area contributed by atoms with E-state index in [1.54, 1.807) is 11.9 Å². The Hall–Kier alpha value is -1.35. The Morgan fingerprint density at radius 2 is 1.81 bits per heavy atom. The molecule has 0 unspecified atom stereocenters. The van der Waals surface area contributed by atoms with Gasteiger partial charge in [0.1, 0.15) is 0 Å². The normalized spacial score (nSPS) is 11.3. The van der Waals surface area contributed by atoms with E-state index >= 15 is 0 Å². The van der Waals surface area contributed by atoms with Gasteiger partial charge in [-0.15, -0.1) is 0 Å².